The van der Waals surface area contributed by atoms with E-state index < -0.39 is 0 Å². The highest BCUT2D eigenvalue weighted by Crippen LogP contribution is 2.27. The molecule has 17 heavy (non-hydrogen) atoms. The monoisotopic (exact) mass is 249 g/mol. The molecule has 0 aromatic carbocycles. The Bertz CT molecular complexity index is 405. The molecule has 0 radical (unpaired) electrons. The van der Waals surface area contributed by atoms with E-state index in [-0.39, 0.29) is 5.25 Å². The molecule has 1 aromatic heterocycles. The number of hydrogen-bond donors (Lipinski definition) is 1. The van der Waals surface area contributed by atoms with Gasteiger partial charge in [-0.2, -0.15) is 0 Å². The largest absolute Gasteiger partial charge is 0.411 e. The van der Waals surface area contributed by atoms with Gasteiger partial charge in [-0.3, -0.25) is 0 Å². The second-order valence-corrected chi connectivity index (χ2v) is 4.99. The molecular weight excluding hydrogens is 234 g/mol. The van der Waals surface area contributed by atoms with Crippen molar-refractivity contribution in [1.29, 1.82) is 0 Å². The summed E-state index contributed by atoms with van der Waals surface area (Å²) in [5.74, 6) is 0. The lowest BCUT2D eigenvalue weighted by Gasteiger charge is -2.17. The minimum atomic E-state index is 0.173. The normalized spacial score (nSPS) is 25.2. The van der Waals surface area contributed by atoms with Crippen LogP contribution in [0, 0.1) is 0 Å². The first-order valence-corrected chi connectivity index (χ1v) is 6.57. The third-order valence-corrected chi connectivity index (χ3v) is 3.83. The average molecular weight is 249 g/mol. The number of rotatable bonds is 2. The summed E-state index contributed by atoms with van der Waals surface area (Å²) in [4.78, 5) is 8.39. The summed E-state index contributed by atoms with van der Waals surface area (Å²) < 4.78 is 0. The Morgan fingerprint density at radius 1 is 1.24 bits per heavy atom. The van der Waals surface area contributed by atoms with Crippen molar-refractivity contribution in [3.05, 3.63) is 30.6 Å². The van der Waals surface area contributed by atoms with Gasteiger partial charge in [0, 0.05) is 12.4 Å². The standard InChI is InChI=1S/C12H15N3OS/c16-15-10-6-3-1-2-4-7-11(10)17-12-13-8-5-9-14-12/h1-2,5,8-9,11,16H,3-4,6-7H2/b2-1-,15-10-. The van der Waals surface area contributed by atoms with Gasteiger partial charge in [0.25, 0.3) is 0 Å². The highest BCUT2D eigenvalue weighted by Gasteiger charge is 2.19. The fourth-order valence-electron chi connectivity index (χ4n) is 1.76. The molecule has 1 aromatic rings. The molecule has 0 saturated carbocycles. The van der Waals surface area contributed by atoms with Gasteiger partial charge in [0.1, 0.15) is 0 Å². The lowest BCUT2D eigenvalue weighted by Crippen LogP contribution is -2.18. The van der Waals surface area contributed by atoms with Crippen molar-refractivity contribution < 1.29 is 5.21 Å². The molecule has 0 spiro atoms. The van der Waals surface area contributed by atoms with Gasteiger partial charge in [0.15, 0.2) is 5.16 Å². The van der Waals surface area contributed by atoms with Crippen molar-refractivity contribution >= 4 is 17.5 Å². The molecule has 1 heterocycles. The van der Waals surface area contributed by atoms with Gasteiger partial charge in [-0.15, -0.1) is 0 Å². The van der Waals surface area contributed by atoms with Crippen LogP contribution in [0.5, 0.6) is 0 Å². The van der Waals surface area contributed by atoms with E-state index in [1.165, 1.54) is 0 Å². The summed E-state index contributed by atoms with van der Waals surface area (Å²) in [6, 6.07) is 1.80. The molecule has 0 amide bonds. The van der Waals surface area contributed by atoms with Crippen LogP contribution in [-0.2, 0) is 0 Å². The van der Waals surface area contributed by atoms with Crippen molar-refractivity contribution in [3.8, 4) is 0 Å². The van der Waals surface area contributed by atoms with E-state index in [0.29, 0.717) is 0 Å². The maximum Gasteiger partial charge on any atom is 0.188 e. The van der Waals surface area contributed by atoms with Crippen molar-refractivity contribution in [3.63, 3.8) is 0 Å². The van der Waals surface area contributed by atoms with Gasteiger partial charge in [-0.1, -0.05) is 29.1 Å². The predicted octanol–water partition coefficient (Wildman–Crippen LogP) is 2.90. The molecule has 4 nitrogen and oxygen atoms in total. The average Bonchev–Trinajstić information content (AvgIpc) is 2.34. The molecule has 1 aliphatic carbocycles. The van der Waals surface area contributed by atoms with Gasteiger partial charge in [-0.05, 0) is 31.7 Å². The Morgan fingerprint density at radius 2 is 2.00 bits per heavy atom. The number of oxime groups is 1. The van der Waals surface area contributed by atoms with Crippen LogP contribution in [0.3, 0.4) is 0 Å². The molecular formula is C12H15N3OS. The van der Waals surface area contributed by atoms with E-state index >= 15 is 0 Å². The van der Waals surface area contributed by atoms with Crippen LogP contribution < -0.4 is 0 Å². The molecule has 0 fully saturated rings. The van der Waals surface area contributed by atoms with Gasteiger partial charge >= 0.3 is 0 Å². The molecule has 90 valence electrons. The highest BCUT2D eigenvalue weighted by atomic mass is 32.2. The first-order chi connectivity index (χ1) is 8.40. The maximum atomic E-state index is 9.07. The lowest BCUT2D eigenvalue weighted by atomic mass is 10.0. The Kier molecular flexibility index (Phi) is 4.55. The Balaban J connectivity index is 2.08. The van der Waals surface area contributed by atoms with Gasteiger partial charge in [0.05, 0.1) is 11.0 Å². The first-order valence-electron chi connectivity index (χ1n) is 5.69. The van der Waals surface area contributed by atoms with Crippen molar-refractivity contribution in [2.75, 3.05) is 0 Å². The van der Waals surface area contributed by atoms with Crippen LogP contribution in [0.2, 0.25) is 0 Å². The third-order valence-electron chi connectivity index (χ3n) is 2.62. The number of allylic oxidation sites excluding steroid dienone is 2. The van der Waals surface area contributed by atoms with E-state index in [9.17, 15) is 0 Å². The predicted molar refractivity (Wildman–Crippen MR) is 68.5 cm³/mol. The van der Waals surface area contributed by atoms with Crippen LogP contribution in [0.4, 0.5) is 0 Å². The van der Waals surface area contributed by atoms with Crippen LogP contribution in [0.1, 0.15) is 25.7 Å². The first kappa shape index (κ1) is 12.1. The molecule has 0 bridgehead atoms. The third kappa shape index (κ3) is 3.56. The van der Waals surface area contributed by atoms with Crippen molar-refractivity contribution in [1.82, 2.24) is 9.97 Å². The van der Waals surface area contributed by atoms with Gasteiger partial charge in [-0.25, -0.2) is 9.97 Å². The smallest absolute Gasteiger partial charge is 0.188 e. The van der Waals surface area contributed by atoms with E-state index in [2.05, 4.69) is 27.3 Å². The quantitative estimate of drug-likeness (QED) is 0.379. The number of aromatic nitrogens is 2. The Morgan fingerprint density at radius 3 is 2.76 bits per heavy atom. The number of nitrogens with zero attached hydrogens (tertiary/aromatic N) is 3. The summed E-state index contributed by atoms with van der Waals surface area (Å²) in [5.41, 5.74) is 0.840. The molecule has 5 heteroatoms. The Labute approximate surface area is 105 Å². The molecule has 1 atom stereocenters. The minimum absolute atomic E-state index is 0.173. The van der Waals surface area contributed by atoms with Crippen molar-refractivity contribution in [2.24, 2.45) is 5.16 Å². The van der Waals surface area contributed by atoms with Crippen molar-refractivity contribution in [2.45, 2.75) is 36.1 Å². The summed E-state index contributed by atoms with van der Waals surface area (Å²) >= 11 is 1.57. The Hall–Kier alpha value is -1.36. The maximum absolute atomic E-state index is 9.07. The molecule has 0 saturated heterocycles. The summed E-state index contributed by atoms with van der Waals surface area (Å²) in [7, 11) is 0. The second kappa shape index (κ2) is 6.39. The molecule has 2 rings (SSSR count). The van der Waals surface area contributed by atoms with E-state index in [1.807, 2.05) is 0 Å². The number of hydrogen-bond acceptors (Lipinski definition) is 5. The fraction of sp³-hybridized carbons (Fsp3) is 0.417. The molecule has 1 unspecified atom stereocenters. The fourth-order valence-corrected chi connectivity index (χ4v) is 2.81. The lowest BCUT2D eigenvalue weighted by molar-refractivity contribution is 0.316. The van der Waals surface area contributed by atoms with E-state index in [1.54, 1.807) is 30.2 Å². The second-order valence-electron chi connectivity index (χ2n) is 3.82. The van der Waals surface area contributed by atoms with Crippen LogP contribution in [0.15, 0.2) is 40.9 Å². The summed E-state index contributed by atoms with van der Waals surface area (Å²) in [6.45, 7) is 0. The highest BCUT2D eigenvalue weighted by molar-refractivity contribution is 8.00. The topological polar surface area (TPSA) is 58.4 Å². The molecule has 1 aliphatic rings. The zero-order chi connectivity index (χ0) is 11.9. The minimum Gasteiger partial charge on any atom is -0.411 e. The summed E-state index contributed by atoms with van der Waals surface area (Å²) in [6.07, 6.45) is 11.5. The molecule has 1 N–H and O–H groups in total. The summed E-state index contributed by atoms with van der Waals surface area (Å²) in [5, 5.41) is 13.4. The van der Waals surface area contributed by atoms with Gasteiger partial charge in [0.2, 0.25) is 0 Å². The van der Waals surface area contributed by atoms with Crippen LogP contribution >= 0.6 is 11.8 Å². The SMILES string of the molecule is O/N=C1/CC/C=C\CCC1Sc1ncccn1. The zero-order valence-electron chi connectivity index (χ0n) is 9.49. The van der Waals surface area contributed by atoms with E-state index in [0.717, 1.165) is 36.6 Å². The number of thioether (sulfide) groups is 1. The van der Waals surface area contributed by atoms with Gasteiger partial charge < -0.3 is 5.21 Å². The van der Waals surface area contributed by atoms with Crippen LogP contribution in [-0.4, -0.2) is 26.1 Å². The van der Waals surface area contributed by atoms with Crippen LogP contribution in [0.25, 0.3) is 0 Å². The van der Waals surface area contributed by atoms with E-state index in [4.69, 9.17) is 5.21 Å². The zero-order valence-corrected chi connectivity index (χ0v) is 10.3. The molecule has 0 aliphatic heterocycles.